The summed E-state index contributed by atoms with van der Waals surface area (Å²) in [4.78, 5) is 23.0. The smallest absolute Gasteiger partial charge is 0.341 e. The fraction of sp³-hybridized carbons (Fsp3) is 0.385. The van der Waals surface area contributed by atoms with E-state index in [1.54, 1.807) is 6.07 Å². The minimum absolute atomic E-state index is 0.0302. The van der Waals surface area contributed by atoms with Gasteiger partial charge in [-0.15, -0.1) is 0 Å². The monoisotopic (exact) mass is 266 g/mol. The largest absolute Gasteiger partial charge is 0.483 e. The zero-order chi connectivity index (χ0) is 14.4. The number of hydrogen-bond acceptors (Lipinski definition) is 5. The van der Waals surface area contributed by atoms with Crippen LogP contribution < -0.4 is 15.8 Å². The van der Waals surface area contributed by atoms with Gasteiger partial charge >= 0.3 is 5.97 Å². The molecule has 0 unspecified atom stereocenters. The van der Waals surface area contributed by atoms with Crippen LogP contribution in [0.1, 0.15) is 24.2 Å². The normalized spacial score (nSPS) is 10.1. The number of carbonyl (C=O) groups is 2. The van der Waals surface area contributed by atoms with Crippen molar-refractivity contribution in [2.24, 2.45) is 0 Å². The van der Waals surface area contributed by atoms with Gasteiger partial charge < -0.3 is 20.5 Å². The summed E-state index contributed by atoms with van der Waals surface area (Å²) >= 11 is 0. The number of methoxy groups -OCH3 is 1. The van der Waals surface area contributed by atoms with Crippen LogP contribution in [0.25, 0.3) is 0 Å². The minimum Gasteiger partial charge on any atom is -0.483 e. The van der Waals surface area contributed by atoms with Crippen molar-refractivity contribution in [3.05, 3.63) is 23.8 Å². The van der Waals surface area contributed by atoms with Crippen LogP contribution in [-0.4, -0.2) is 31.6 Å². The summed E-state index contributed by atoms with van der Waals surface area (Å²) in [7, 11) is 1.26. The van der Waals surface area contributed by atoms with Crippen LogP contribution in [0.2, 0.25) is 0 Å². The Bertz CT molecular complexity index is 472. The Hall–Kier alpha value is -2.24. The lowest BCUT2D eigenvalue weighted by atomic mass is 10.2. The summed E-state index contributed by atoms with van der Waals surface area (Å²) in [6.07, 6.45) is 0. The molecule has 0 aliphatic rings. The molecule has 0 aliphatic heterocycles. The second-order valence-electron chi connectivity index (χ2n) is 4.26. The van der Waals surface area contributed by atoms with Crippen LogP contribution in [0, 0.1) is 0 Å². The summed E-state index contributed by atoms with van der Waals surface area (Å²) in [6, 6.07) is 4.59. The maximum atomic E-state index is 11.6. The summed E-state index contributed by atoms with van der Waals surface area (Å²) < 4.78 is 9.94. The number of rotatable bonds is 5. The summed E-state index contributed by atoms with van der Waals surface area (Å²) in [5, 5.41) is 2.68. The van der Waals surface area contributed by atoms with Gasteiger partial charge in [0.2, 0.25) is 0 Å². The quantitative estimate of drug-likeness (QED) is 0.612. The molecule has 0 atom stereocenters. The van der Waals surface area contributed by atoms with E-state index in [1.807, 2.05) is 13.8 Å². The number of nitrogens with two attached hydrogens (primary N) is 1. The highest BCUT2D eigenvalue weighted by atomic mass is 16.5. The Labute approximate surface area is 111 Å². The van der Waals surface area contributed by atoms with Crippen LogP contribution in [0.4, 0.5) is 5.69 Å². The molecule has 104 valence electrons. The van der Waals surface area contributed by atoms with Crippen molar-refractivity contribution in [3.8, 4) is 5.75 Å². The van der Waals surface area contributed by atoms with Gasteiger partial charge in [0.1, 0.15) is 11.3 Å². The molecule has 0 saturated heterocycles. The highest BCUT2D eigenvalue weighted by Crippen LogP contribution is 2.22. The van der Waals surface area contributed by atoms with Gasteiger partial charge in [-0.2, -0.15) is 0 Å². The van der Waals surface area contributed by atoms with Gasteiger partial charge in [0, 0.05) is 11.7 Å². The molecule has 3 N–H and O–H groups in total. The van der Waals surface area contributed by atoms with Gasteiger partial charge in [0.25, 0.3) is 5.91 Å². The molecule has 0 aliphatic carbocycles. The van der Waals surface area contributed by atoms with Crippen LogP contribution in [0.15, 0.2) is 18.2 Å². The SMILES string of the molecule is COC(=O)c1cc(N)ccc1OCC(=O)NC(C)C. The molecule has 1 aromatic carbocycles. The van der Waals surface area contributed by atoms with E-state index in [1.165, 1.54) is 19.2 Å². The lowest BCUT2D eigenvalue weighted by Gasteiger charge is -2.12. The Morgan fingerprint density at radius 3 is 2.63 bits per heavy atom. The first-order chi connectivity index (χ1) is 8.93. The number of nitrogens with one attached hydrogen (secondary N) is 1. The fourth-order valence-corrected chi connectivity index (χ4v) is 1.45. The van der Waals surface area contributed by atoms with Crippen LogP contribution in [-0.2, 0) is 9.53 Å². The van der Waals surface area contributed by atoms with Crippen molar-refractivity contribution in [2.45, 2.75) is 19.9 Å². The number of nitrogen functional groups attached to an aromatic ring is 1. The number of amides is 1. The van der Waals surface area contributed by atoms with E-state index in [4.69, 9.17) is 10.5 Å². The molecule has 19 heavy (non-hydrogen) atoms. The van der Waals surface area contributed by atoms with Crippen molar-refractivity contribution in [1.82, 2.24) is 5.32 Å². The number of anilines is 1. The lowest BCUT2D eigenvalue weighted by Crippen LogP contribution is -2.34. The minimum atomic E-state index is -0.563. The zero-order valence-electron chi connectivity index (χ0n) is 11.2. The second kappa shape index (κ2) is 6.63. The molecule has 1 aromatic rings. The average molecular weight is 266 g/mol. The maximum Gasteiger partial charge on any atom is 0.341 e. The van der Waals surface area contributed by atoms with Crippen LogP contribution in [0.3, 0.4) is 0 Å². The zero-order valence-corrected chi connectivity index (χ0v) is 11.2. The van der Waals surface area contributed by atoms with Crippen molar-refractivity contribution >= 4 is 17.6 Å². The first-order valence-electron chi connectivity index (χ1n) is 5.84. The molecule has 0 radical (unpaired) electrons. The molecule has 0 spiro atoms. The van der Waals surface area contributed by atoms with Crippen molar-refractivity contribution in [2.75, 3.05) is 19.5 Å². The highest BCUT2D eigenvalue weighted by Gasteiger charge is 2.14. The van der Waals surface area contributed by atoms with E-state index in [-0.39, 0.29) is 29.9 Å². The van der Waals surface area contributed by atoms with E-state index in [0.29, 0.717) is 5.69 Å². The van der Waals surface area contributed by atoms with Crippen LogP contribution >= 0.6 is 0 Å². The Morgan fingerprint density at radius 2 is 2.05 bits per heavy atom. The van der Waals surface area contributed by atoms with E-state index < -0.39 is 5.97 Å². The molecule has 1 amide bonds. The van der Waals surface area contributed by atoms with Gasteiger partial charge in [-0.05, 0) is 32.0 Å². The molecule has 0 heterocycles. The molecule has 0 bridgehead atoms. The first kappa shape index (κ1) is 14.8. The molecular weight excluding hydrogens is 248 g/mol. The predicted octanol–water partition coefficient (Wildman–Crippen LogP) is 0.959. The molecule has 6 heteroatoms. The fourth-order valence-electron chi connectivity index (χ4n) is 1.45. The van der Waals surface area contributed by atoms with E-state index in [0.717, 1.165) is 0 Å². The van der Waals surface area contributed by atoms with E-state index in [9.17, 15) is 9.59 Å². The summed E-state index contributed by atoms with van der Waals surface area (Å²) in [5.74, 6) is -0.561. The number of benzene rings is 1. The van der Waals surface area contributed by atoms with Gasteiger partial charge in [-0.25, -0.2) is 4.79 Å². The molecule has 1 rings (SSSR count). The van der Waals surface area contributed by atoms with Gasteiger partial charge in [0.15, 0.2) is 6.61 Å². The second-order valence-corrected chi connectivity index (χ2v) is 4.26. The average Bonchev–Trinajstić information content (AvgIpc) is 2.35. The molecule has 0 saturated carbocycles. The number of carbonyl (C=O) groups excluding carboxylic acids is 2. The van der Waals surface area contributed by atoms with Gasteiger partial charge in [0.05, 0.1) is 7.11 Å². The topological polar surface area (TPSA) is 90.7 Å². The van der Waals surface area contributed by atoms with Crippen LogP contribution in [0.5, 0.6) is 5.75 Å². The predicted molar refractivity (Wildman–Crippen MR) is 71.0 cm³/mol. The standard InChI is InChI=1S/C13H18N2O4/c1-8(2)15-12(16)7-19-11-5-4-9(14)6-10(11)13(17)18-3/h4-6,8H,7,14H2,1-3H3,(H,15,16). The maximum absolute atomic E-state index is 11.6. The Kier molecular flexibility index (Phi) is 5.17. The third-order valence-corrected chi connectivity index (χ3v) is 2.22. The number of esters is 1. The first-order valence-corrected chi connectivity index (χ1v) is 5.84. The number of ether oxygens (including phenoxy) is 2. The molecule has 0 aromatic heterocycles. The highest BCUT2D eigenvalue weighted by molar-refractivity contribution is 5.93. The third-order valence-electron chi connectivity index (χ3n) is 2.22. The molecule has 6 nitrogen and oxygen atoms in total. The third kappa shape index (κ3) is 4.50. The van der Waals surface area contributed by atoms with Gasteiger partial charge in [-0.1, -0.05) is 0 Å². The molecular formula is C13H18N2O4. The van der Waals surface area contributed by atoms with Gasteiger partial charge in [-0.3, -0.25) is 4.79 Å². The Balaban J connectivity index is 2.78. The van der Waals surface area contributed by atoms with Crippen molar-refractivity contribution in [3.63, 3.8) is 0 Å². The molecule has 0 fully saturated rings. The van der Waals surface area contributed by atoms with Crippen molar-refractivity contribution in [1.29, 1.82) is 0 Å². The van der Waals surface area contributed by atoms with E-state index >= 15 is 0 Å². The van der Waals surface area contributed by atoms with Crippen molar-refractivity contribution < 1.29 is 19.1 Å². The summed E-state index contributed by atoms with van der Waals surface area (Å²) in [5.41, 5.74) is 6.21. The number of hydrogen-bond donors (Lipinski definition) is 2. The summed E-state index contributed by atoms with van der Waals surface area (Å²) in [6.45, 7) is 3.52. The van der Waals surface area contributed by atoms with E-state index in [2.05, 4.69) is 10.1 Å². The lowest BCUT2D eigenvalue weighted by molar-refractivity contribution is -0.123. The Morgan fingerprint density at radius 1 is 1.37 bits per heavy atom.